The number of hydrogen-bond donors (Lipinski definition) is 1. The van der Waals surface area contributed by atoms with Crippen molar-refractivity contribution in [2.75, 3.05) is 19.0 Å². The van der Waals surface area contributed by atoms with Gasteiger partial charge < -0.3 is 15.0 Å². The molecule has 7 rings (SSSR count). The van der Waals surface area contributed by atoms with E-state index in [-0.39, 0.29) is 17.2 Å². The number of aromatic nitrogens is 2. The number of nitrogens with zero attached hydrogens (tertiary/aromatic N) is 3. The minimum atomic E-state index is -0.207. The average molecular weight is 461 g/mol. The summed E-state index contributed by atoms with van der Waals surface area (Å²) in [6.07, 6.45) is 9.57. The van der Waals surface area contributed by atoms with Crippen molar-refractivity contribution in [3.8, 4) is 5.75 Å². The fourth-order valence-corrected chi connectivity index (χ4v) is 7.33. The van der Waals surface area contributed by atoms with Crippen molar-refractivity contribution < 1.29 is 14.3 Å². The van der Waals surface area contributed by atoms with Gasteiger partial charge in [0.1, 0.15) is 17.9 Å². The number of carbonyl (C=O) groups is 2. The minimum absolute atomic E-state index is 0.0774. The van der Waals surface area contributed by atoms with Gasteiger partial charge in [0.25, 0.3) is 0 Å². The highest BCUT2D eigenvalue weighted by Crippen LogP contribution is 2.60. The highest BCUT2D eigenvalue weighted by molar-refractivity contribution is 5.95. The van der Waals surface area contributed by atoms with Crippen molar-refractivity contribution in [3.05, 3.63) is 47.4 Å². The molecule has 2 amide bonds. The molecule has 1 aliphatic heterocycles. The Bertz CT molecular complexity index is 1080. The molecule has 7 nitrogen and oxygen atoms in total. The van der Waals surface area contributed by atoms with Crippen LogP contribution in [0, 0.1) is 23.2 Å². The van der Waals surface area contributed by atoms with Gasteiger partial charge in [-0.3, -0.25) is 9.59 Å². The predicted octanol–water partition coefficient (Wildman–Crippen LogP) is 3.77. The molecule has 0 spiro atoms. The molecule has 4 aliphatic carbocycles. The molecule has 1 aromatic carbocycles. The summed E-state index contributed by atoms with van der Waals surface area (Å²) >= 11 is 0. The Morgan fingerprint density at radius 2 is 1.74 bits per heavy atom. The highest BCUT2D eigenvalue weighted by atomic mass is 16.5. The lowest BCUT2D eigenvalue weighted by atomic mass is 9.49. The summed E-state index contributed by atoms with van der Waals surface area (Å²) in [5.74, 6) is 3.83. The quantitative estimate of drug-likeness (QED) is 0.734. The molecule has 34 heavy (non-hydrogen) atoms. The summed E-state index contributed by atoms with van der Waals surface area (Å²) in [4.78, 5) is 37.2. The van der Waals surface area contributed by atoms with Gasteiger partial charge in [-0.05, 0) is 80.4 Å². The van der Waals surface area contributed by atoms with Gasteiger partial charge in [0.15, 0.2) is 0 Å². The van der Waals surface area contributed by atoms with Crippen LogP contribution in [0.4, 0.5) is 5.82 Å². The molecule has 4 saturated carbocycles. The summed E-state index contributed by atoms with van der Waals surface area (Å²) in [6.45, 7) is 1.06. The maximum absolute atomic E-state index is 13.5. The van der Waals surface area contributed by atoms with Gasteiger partial charge in [0.2, 0.25) is 11.8 Å². The first-order valence-electron chi connectivity index (χ1n) is 12.6. The summed E-state index contributed by atoms with van der Waals surface area (Å²) in [6, 6.07) is 7.60. The standard InChI is InChI=1S/C27H32N4O3/c1-34-21-4-2-17(3-5-21)11-24(32)31-7-6-22-23(15-31)28-16-29-25(22)30-26(33)27-12-18-8-19(13-27)10-20(9-18)14-27/h2-5,16,18-20H,6-15H2,1H3,(H,28,29,30,33). The molecule has 4 fully saturated rings. The lowest BCUT2D eigenvalue weighted by Gasteiger charge is -2.55. The van der Waals surface area contributed by atoms with Crippen LogP contribution in [-0.4, -0.2) is 40.3 Å². The van der Waals surface area contributed by atoms with Gasteiger partial charge in [-0.1, -0.05) is 12.1 Å². The van der Waals surface area contributed by atoms with Crippen LogP contribution in [-0.2, 0) is 29.0 Å². The number of fused-ring (bicyclic) bond motifs is 1. The number of methoxy groups -OCH3 is 1. The third-order valence-corrected chi connectivity index (χ3v) is 8.63. The second-order valence-corrected chi connectivity index (χ2v) is 10.9. The fourth-order valence-electron chi connectivity index (χ4n) is 7.33. The zero-order valence-electron chi connectivity index (χ0n) is 19.8. The van der Waals surface area contributed by atoms with E-state index in [4.69, 9.17) is 4.74 Å². The Hall–Kier alpha value is -2.96. The molecule has 2 aromatic rings. The number of amides is 2. The molecule has 2 heterocycles. The van der Waals surface area contributed by atoms with Gasteiger partial charge in [-0.15, -0.1) is 0 Å². The number of ether oxygens (including phenoxy) is 1. The van der Waals surface area contributed by atoms with E-state index >= 15 is 0 Å². The van der Waals surface area contributed by atoms with Crippen LogP contribution in [0.3, 0.4) is 0 Å². The zero-order valence-corrected chi connectivity index (χ0v) is 19.8. The van der Waals surface area contributed by atoms with Gasteiger partial charge in [0, 0.05) is 12.1 Å². The molecule has 1 N–H and O–H groups in total. The summed E-state index contributed by atoms with van der Waals surface area (Å²) in [7, 11) is 1.63. The van der Waals surface area contributed by atoms with Crippen LogP contribution in [0.2, 0.25) is 0 Å². The van der Waals surface area contributed by atoms with E-state index in [2.05, 4.69) is 15.3 Å². The van der Waals surface area contributed by atoms with E-state index in [9.17, 15) is 9.59 Å². The Kier molecular flexibility index (Phi) is 5.30. The first-order chi connectivity index (χ1) is 16.5. The molecular formula is C27H32N4O3. The minimum Gasteiger partial charge on any atom is -0.497 e. The topological polar surface area (TPSA) is 84.4 Å². The average Bonchev–Trinajstić information content (AvgIpc) is 2.83. The number of benzene rings is 1. The number of hydrogen-bond acceptors (Lipinski definition) is 5. The summed E-state index contributed by atoms with van der Waals surface area (Å²) in [5.41, 5.74) is 2.57. The lowest BCUT2D eigenvalue weighted by Crippen LogP contribution is -2.52. The van der Waals surface area contributed by atoms with Gasteiger partial charge in [0.05, 0.1) is 31.2 Å². The molecule has 178 valence electrons. The van der Waals surface area contributed by atoms with Crippen molar-refractivity contribution in [1.29, 1.82) is 0 Å². The third-order valence-electron chi connectivity index (χ3n) is 8.63. The predicted molar refractivity (Wildman–Crippen MR) is 127 cm³/mol. The normalized spacial score (nSPS) is 29.0. The van der Waals surface area contributed by atoms with Crippen LogP contribution in [0.15, 0.2) is 30.6 Å². The summed E-state index contributed by atoms with van der Waals surface area (Å²) in [5, 5.41) is 3.22. The monoisotopic (exact) mass is 460 g/mol. The maximum Gasteiger partial charge on any atom is 0.231 e. The Morgan fingerprint density at radius 1 is 1.06 bits per heavy atom. The van der Waals surface area contributed by atoms with Crippen molar-refractivity contribution >= 4 is 17.6 Å². The highest BCUT2D eigenvalue weighted by Gasteiger charge is 2.54. The van der Waals surface area contributed by atoms with Crippen molar-refractivity contribution in [2.45, 2.75) is 57.9 Å². The molecule has 0 radical (unpaired) electrons. The number of carbonyl (C=O) groups excluding carboxylic acids is 2. The van der Waals surface area contributed by atoms with Crippen LogP contribution in [0.5, 0.6) is 5.75 Å². The molecule has 1 aromatic heterocycles. The van der Waals surface area contributed by atoms with E-state index in [1.165, 1.54) is 25.6 Å². The third kappa shape index (κ3) is 3.85. The first kappa shape index (κ1) is 21.6. The van der Waals surface area contributed by atoms with E-state index in [1.807, 2.05) is 29.2 Å². The van der Waals surface area contributed by atoms with E-state index in [0.29, 0.717) is 31.7 Å². The second-order valence-electron chi connectivity index (χ2n) is 10.9. The second kappa shape index (κ2) is 8.36. The van der Waals surface area contributed by atoms with Gasteiger partial charge >= 0.3 is 0 Å². The van der Waals surface area contributed by atoms with Crippen molar-refractivity contribution in [1.82, 2.24) is 14.9 Å². The molecule has 0 atom stereocenters. The number of anilines is 1. The van der Waals surface area contributed by atoms with Gasteiger partial charge in [-0.25, -0.2) is 9.97 Å². The molecule has 5 aliphatic rings. The molecule has 0 saturated heterocycles. The SMILES string of the molecule is COc1ccc(CC(=O)N2CCc3c(ncnc3NC(=O)C34CC5CC(CC(C5)C3)C4)C2)cc1. The van der Waals surface area contributed by atoms with Crippen LogP contribution < -0.4 is 10.1 Å². The molecular weight excluding hydrogens is 428 g/mol. The Morgan fingerprint density at radius 3 is 2.38 bits per heavy atom. The molecule has 7 heteroatoms. The fraction of sp³-hybridized carbons (Fsp3) is 0.556. The van der Waals surface area contributed by atoms with Crippen LogP contribution in [0.1, 0.15) is 55.3 Å². The lowest BCUT2D eigenvalue weighted by molar-refractivity contribution is -0.140. The number of nitrogens with one attached hydrogen (secondary N) is 1. The van der Waals surface area contributed by atoms with Crippen LogP contribution >= 0.6 is 0 Å². The molecule has 0 unspecified atom stereocenters. The summed E-state index contributed by atoms with van der Waals surface area (Å²) < 4.78 is 5.20. The van der Waals surface area contributed by atoms with Crippen molar-refractivity contribution in [2.24, 2.45) is 23.2 Å². The maximum atomic E-state index is 13.5. The van der Waals surface area contributed by atoms with E-state index in [1.54, 1.807) is 7.11 Å². The Labute approximate surface area is 200 Å². The largest absolute Gasteiger partial charge is 0.497 e. The zero-order chi connectivity index (χ0) is 23.3. The molecule has 4 bridgehead atoms. The van der Waals surface area contributed by atoms with Gasteiger partial charge in [-0.2, -0.15) is 0 Å². The smallest absolute Gasteiger partial charge is 0.231 e. The van der Waals surface area contributed by atoms with E-state index in [0.717, 1.165) is 59.6 Å². The Balaban J connectivity index is 1.14. The number of rotatable bonds is 5. The first-order valence-corrected chi connectivity index (χ1v) is 12.6. The van der Waals surface area contributed by atoms with Crippen LogP contribution in [0.25, 0.3) is 0 Å². The van der Waals surface area contributed by atoms with E-state index < -0.39 is 0 Å². The van der Waals surface area contributed by atoms with Crippen molar-refractivity contribution in [3.63, 3.8) is 0 Å².